The number of rotatable bonds is 4. The summed E-state index contributed by atoms with van der Waals surface area (Å²) in [5.41, 5.74) is 3.63. The number of halogens is 4. The Morgan fingerprint density at radius 2 is 1.86 bits per heavy atom. The van der Waals surface area contributed by atoms with E-state index >= 15 is 0 Å². The van der Waals surface area contributed by atoms with Crippen molar-refractivity contribution < 1.29 is 23.1 Å². The van der Waals surface area contributed by atoms with E-state index in [9.17, 15) is 23.1 Å². The molecule has 4 nitrogen and oxygen atoms in total. The summed E-state index contributed by atoms with van der Waals surface area (Å²) in [6.45, 7) is 3.26. The molecule has 1 amide bonds. The summed E-state index contributed by atoms with van der Waals surface area (Å²) < 4.78 is 43.2. The second-order valence-corrected chi connectivity index (χ2v) is 8.96. The summed E-state index contributed by atoms with van der Waals surface area (Å²) in [7, 11) is 0. The topological polar surface area (TPSA) is 66.6 Å². The van der Waals surface area contributed by atoms with Crippen molar-refractivity contribution in [2.45, 2.75) is 31.4 Å². The molecule has 3 rings (SSSR count). The highest BCUT2D eigenvalue weighted by Gasteiger charge is 2.52. The van der Waals surface area contributed by atoms with Crippen LogP contribution in [0.15, 0.2) is 30.3 Å². The molecule has 0 bridgehead atoms. The number of carbonyl (C=O) groups excluding carboxylic acids is 1. The average molecular weight is 504 g/mol. The van der Waals surface area contributed by atoms with Gasteiger partial charge in [0.2, 0.25) is 0 Å². The molecule has 1 aliphatic heterocycles. The molecule has 1 fully saturated rings. The van der Waals surface area contributed by atoms with Gasteiger partial charge in [-0.3, -0.25) is 4.79 Å². The fraction of sp³-hybridized carbons (Fsp3) is 0.350. The monoisotopic (exact) mass is 504 g/mol. The van der Waals surface area contributed by atoms with Gasteiger partial charge in [0.05, 0.1) is 13.1 Å². The van der Waals surface area contributed by atoms with E-state index in [4.69, 9.17) is 5.73 Å². The van der Waals surface area contributed by atoms with Crippen LogP contribution in [0.3, 0.4) is 0 Å². The van der Waals surface area contributed by atoms with E-state index in [1.807, 2.05) is 22.6 Å². The zero-order chi connectivity index (χ0) is 20.9. The van der Waals surface area contributed by atoms with Crippen LogP contribution in [-0.4, -0.2) is 40.1 Å². The Hall–Kier alpha value is -1.65. The number of hydrogen-bond donors (Lipinski definition) is 2. The highest BCUT2D eigenvalue weighted by molar-refractivity contribution is 14.1. The molecule has 0 aromatic heterocycles. The highest BCUT2D eigenvalue weighted by Crippen LogP contribution is 2.32. The zero-order valence-corrected chi connectivity index (χ0v) is 17.6. The molecule has 3 N–H and O–H groups in total. The van der Waals surface area contributed by atoms with Gasteiger partial charge in [-0.1, -0.05) is 6.07 Å². The molecule has 8 heteroatoms. The Morgan fingerprint density at radius 3 is 2.43 bits per heavy atom. The summed E-state index contributed by atoms with van der Waals surface area (Å²) in [5.74, 6) is -3.41. The predicted molar refractivity (Wildman–Crippen MR) is 107 cm³/mol. The van der Waals surface area contributed by atoms with Crippen molar-refractivity contribution in [2.75, 3.05) is 13.1 Å². The largest absolute Gasteiger partial charge is 0.384 e. The third-order valence-corrected chi connectivity index (χ3v) is 5.87. The van der Waals surface area contributed by atoms with E-state index < -0.39 is 34.5 Å². The lowest BCUT2D eigenvalue weighted by molar-refractivity contribution is -0.120. The van der Waals surface area contributed by atoms with Crippen molar-refractivity contribution in [3.05, 3.63) is 68.0 Å². The van der Waals surface area contributed by atoms with Gasteiger partial charge in [-0.05, 0) is 66.3 Å². The fourth-order valence-electron chi connectivity index (χ4n) is 3.13. The molecule has 2 aromatic carbocycles. The first kappa shape index (κ1) is 21.1. The number of nitrogens with two attached hydrogens (primary N) is 1. The van der Waals surface area contributed by atoms with E-state index in [0.717, 1.165) is 6.07 Å². The van der Waals surface area contributed by atoms with Gasteiger partial charge in [0.1, 0.15) is 11.4 Å². The number of likely N-dealkylation sites (tertiary alicyclic amines) is 1. The van der Waals surface area contributed by atoms with Crippen LogP contribution in [-0.2, 0) is 6.42 Å². The van der Waals surface area contributed by atoms with Crippen molar-refractivity contribution in [3.63, 3.8) is 0 Å². The maximum Gasteiger partial charge on any atom is 0.254 e. The first-order valence-electron chi connectivity index (χ1n) is 8.64. The van der Waals surface area contributed by atoms with Crippen LogP contribution < -0.4 is 5.73 Å². The number of β-amino-alcohol motifs (C(OH)–C–C–N with tert-alkyl or cyclic N) is 1. The van der Waals surface area contributed by atoms with E-state index in [1.165, 1.54) is 23.1 Å². The van der Waals surface area contributed by atoms with Crippen LogP contribution >= 0.6 is 22.6 Å². The van der Waals surface area contributed by atoms with Crippen molar-refractivity contribution in [3.8, 4) is 0 Å². The van der Waals surface area contributed by atoms with Crippen LogP contribution in [0.25, 0.3) is 0 Å². The quantitative estimate of drug-likeness (QED) is 0.629. The van der Waals surface area contributed by atoms with Crippen LogP contribution in [0.1, 0.15) is 35.3 Å². The molecule has 0 spiro atoms. The van der Waals surface area contributed by atoms with Gasteiger partial charge >= 0.3 is 0 Å². The summed E-state index contributed by atoms with van der Waals surface area (Å²) in [6, 6.07) is 6.47. The maximum absolute atomic E-state index is 14.5. The molecule has 1 saturated heterocycles. The van der Waals surface area contributed by atoms with E-state index in [1.54, 1.807) is 19.9 Å². The summed E-state index contributed by atoms with van der Waals surface area (Å²) in [4.78, 5) is 14.2. The number of nitrogens with zero attached hydrogens (tertiary/aromatic N) is 1. The fourth-order valence-corrected chi connectivity index (χ4v) is 3.58. The van der Waals surface area contributed by atoms with Crippen molar-refractivity contribution in [1.82, 2.24) is 4.90 Å². The smallest absolute Gasteiger partial charge is 0.254 e. The minimum absolute atomic E-state index is 0.0222. The predicted octanol–water partition coefficient (Wildman–Crippen LogP) is 3.22. The van der Waals surface area contributed by atoms with Gasteiger partial charge in [-0.2, -0.15) is 0 Å². The number of hydrogen-bond acceptors (Lipinski definition) is 3. The molecule has 0 saturated carbocycles. The summed E-state index contributed by atoms with van der Waals surface area (Å²) in [5, 5.41) is 10.5. The second kappa shape index (κ2) is 7.31. The Bertz CT molecular complexity index is 938. The third-order valence-electron chi connectivity index (χ3n) is 5.20. The number of carbonyl (C=O) groups is 1. The van der Waals surface area contributed by atoms with Crippen LogP contribution in [0.4, 0.5) is 13.2 Å². The van der Waals surface area contributed by atoms with Crippen molar-refractivity contribution in [2.24, 2.45) is 5.73 Å². The summed E-state index contributed by atoms with van der Waals surface area (Å²) >= 11 is 1.94. The summed E-state index contributed by atoms with van der Waals surface area (Å²) in [6.07, 6.45) is -0.270. The minimum atomic E-state index is -1.26. The molecular formula is C20H20F3IN2O2. The molecule has 0 aliphatic carbocycles. The standard InChI is InChI=1S/C20H20F3IN2O2/c1-19(2,25)20(28)9-26(10-20)18(27)13-5-6-15(21)17(23)14(13)7-11-3-4-12(24)8-16(11)22/h3-6,8,28H,7,9-10,25H2,1-2H3. The van der Waals surface area contributed by atoms with Gasteiger partial charge in [-0.25, -0.2) is 13.2 Å². The SMILES string of the molecule is CC(C)(N)C1(O)CN(C(=O)c2ccc(F)c(F)c2Cc2ccc(I)cc2F)C1. The first-order valence-corrected chi connectivity index (χ1v) is 9.72. The first-order chi connectivity index (χ1) is 12.9. The molecule has 1 aliphatic rings. The van der Waals surface area contributed by atoms with E-state index in [2.05, 4.69) is 0 Å². The van der Waals surface area contributed by atoms with Gasteiger partial charge in [0.15, 0.2) is 11.6 Å². The van der Waals surface area contributed by atoms with Crippen molar-refractivity contribution >= 4 is 28.5 Å². The molecule has 0 atom stereocenters. The molecule has 0 radical (unpaired) electrons. The van der Waals surface area contributed by atoms with Crippen LogP contribution in [0.2, 0.25) is 0 Å². The minimum Gasteiger partial charge on any atom is -0.384 e. The Balaban J connectivity index is 1.92. The number of benzene rings is 2. The second-order valence-electron chi connectivity index (χ2n) is 7.71. The van der Waals surface area contributed by atoms with Crippen LogP contribution in [0, 0.1) is 21.0 Å². The Morgan fingerprint density at radius 1 is 1.21 bits per heavy atom. The Labute approximate surface area is 174 Å². The lowest BCUT2D eigenvalue weighted by Gasteiger charge is -2.53. The van der Waals surface area contributed by atoms with Gasteiger partial charge in [0, 0.05) is 26.7 Å². The number of aliphatic hydroxyl groups is 1. The molecule has 0 unspecified atom stereocenters. The average Bonchev–Trinajstić information content (AvgIpc) is 2.56. The van der Waals surface area contributed by atoms with Gasteiger partial charge in [-0.15, -0.1) is 0 Å². The van der Waals surface area contributed by atoms with Gasteiger partial charge < -0.3 is 15.7 Å². The third kappa shape index (κ3) is 3.77. The lowest BCUT2D eigenvalue weighted by Crippen LogP contribution is -2.74. The van der Waals surface area contributed by atoms with Crippen LogP contribution in [0.5, 0.6) is 0 Å². The molecule has 2 aromatic rings. The number of amides is 1. The Kier molecular flexibility index (Phi) is 5.50. The van der Waals surface area contributed by atoms with E-state index in [-0.39, 0.29) is 36.2 Å². The van der Waals surface area contributed by atoms with Crippen molar-refractivity contribution in [1.29, 1.82) is 0 Å². The van der Waals surface area contributed by atoms with E-state index in [0.29, 0.717) is 3.57 Å². The zero-order valence-electron chi connectivity index (χ0n) is 15.4. The lowest BCUT2D eigenvalue weighted by atomic mass is 9.77. The normalized spacial score (nSPS) is 16.1. The van der Waals surface area contributed by atoms with Gasteiger partial charge in [0.25, 0.3) is 5.91 Å². The maximum atomic E-state index is 14.5. The highest BCUT2D eigenvalue weighted by atomic mass is 127. The molecule has 1 heterocycles. The molecule has 150 valence electrons. The molecular weight excluding hydrogens is 484 g/mol. The molecule has 28 heavy (non-hydrogen) atoms.